The second-order valence-electron chi connectivity index (χ2n) is 7.49. The van der Waals surface area contributed by atoms with Crippen LogP contribution in [0.5, 0.6) is 0 Å². The molecule has 0 unspecified atom stereocenters. The summed E-state index contributed by atoms with van der Waals surface area (Å²) >= 11 is 0. The third-order valence-electron chi connectivity index (χ3n) is 5.40. The first-order valence-corrected chi connectivity index (χ1v) is 10.5. The number of nitrogens with zero attached hydrogens (tertiary/aromatic N) is 4. The van der Waals surface area contributed by atoms with Gasteiger partial charge < -0.3 is 15.0 Å². The average Bonchev–Trinajstić information content (AvgIpc) is 2.78. The molecule has 0 spiro atoms. The number of carbonyl (C=O) groups is 1. The van der Waals surface area contributed by atoms with E-state index in [1.165, 1.54) is 5.56 Å². The summed E-state index contributed by atoms with van der Waals surface area (Å²) in [7, 11) is 0. The normalized spacial score (nSPS) is 19.0. The standard InChI is InChI=1S/C22H31N5O2/c23-17-21(18-24-7-4-8-25-13-15-29-16-14-25)22(28)27-11-9-26(10-12-27)19-20-5-2-1-3-6-20/h1-3,5-6,18,24H,4,7-16,19H2/b21-18-. The number of amides is 1. The molecular weight excluding hydrogens is 366 g/mol. The summed E-state index contributed by atoms with van der Waals surface area (Å²) in [5.41, 5.74) is 1.47. The van der Waals surface area contributed by atoms with Crippen molar-refractivity contribution in [3.63, 3.8) is 0 Å². The van der Waals surface area contributed by atoms with Crippen molar-refractivity contribution in [2.75, 3.05) is 65.6 Å². The van der Waals surface area contributed by atoms with E-state index in [4.69, 9.17) is 4.74 Å². The molecule has 7 heteroatoms. The van der Waals surface area contributed by atoms with Crippen LogP contribution in [0, 0.1) is 11.3 Å². The number of nitriles is 1. The van der Waals surface area contributed by atoms with Crippen molar-refractivity contribution in [1.82, 2.24) is 20.0 Å². The van der Waals surface area contributed by atoms with Gasteiger partial charge in [0.15, 0.2) is 0 Å². The van der Waals surface area contributed by atoms with Gasteiger partial charge in [-0.1, -0.05) is 30.3 Å². The Kier molecular flexibility index (Phi) is 8.50. The summed E-state index contributed by atoms with van der Waals surface area (Å²) in [5, 5.41) is 12.5. The predicted octanol–water partition coefficient (Wildman–Crippen LogP) is 1.05. The largest absolute Gasteiger partial charge is 0.390 e. The molecule has 0 atom stereocenters. The molecule has 29 heavy (non-hydrogen) atoms. The maximum absolute atomic E-state index is 12.7. The van der Waals surface area contributed by atoms with E-state index in [1.807, 2.05) is 18.2 Å². The van der Waals surface area contributed by atoms with Crippen LogP contribution in [0.4, 0.5) is 0 Å². The maximum atomic E-state index is 12.7. The first-order valence-electron chi connectivity index (χ1n) is 10.5. The Bertz CT molecular complexity index is 702. The van der Waals surface area contributed by atoms with Gasteiger partial charge in [0, 0.05) is 58.6 Å². The van der Waals surface area contributed by atoms with E-state index in [2.05, 4.69) is 33.3 Å². The van der Waals surface area contributed by atoms with Crippen LogP contribution in [0.25, 0.3) is 0 Å². The van der Waals surface area contributed by atoms with Gasteiger partial charge in [-0.15, -0.1) is 0 Å². The van der Waals surface area contributed by atoms with Gasteiger partial charge in [-0.05, 0) is 18.5 Å². The summed E-state index contributed by atoms with van der Waals surface area (Å²) in [5.74, 6) is -0.174. The first kappa shape index (κ1) is 21.3. The van der Waals surface area contributed by atoms with Gasteiger partial charge in [-0.3, -0.25) is 14.6 Å². The number of piperazine rings is 1. The summed E-state index contributed by atoms with van der Waals surface area (Å²) in [6.45, 7) is 9.18. The fourth-order valence-electron chi connectivity index (χ4n) is 3.67. The molecule has 2 saturated heterocycles. The summed E-state index contributed by atoms with van der Waals surface area (Å²) in [6.07, 6.45) is 2.56. The van der Waals surface area contributed by atoms with E-state index in [1.54, 1.807) is 11.1 Å². The number of nitrogens with one attached hydrogen (secondary N) is 1. The lowest BCUT2D eigenvalue weighted by Gasteiger charge is -2.34. The fourth-order valence-corrected chi connectivity index (χ4v) is 3.67. The smallest absolute Gasteiger partial charge is 0.266 e. The Morgan fingerprint density at radius 1 is 1.07 bits per heavy atom. The number of carbonyl (C=O) groups excluding carboxylic acids is 1. The Labute approximate surface area is 173 Å². The van der Waals surface area contributed by atoms with E-state index in [-0.39, 0.29) is 11.5 Å². The van der Waals surface area contributed by atoms with Gasteiger partial charge in [0.25, 0.3) is 5.91 Å². The maximum Gasteiger partial charge on any atom is 0.266 e. The molecule has 0 radical (unpaired) electrons. The molecule has 1 N–H and O–H groups in total. The SMILES string of the molecule is N#C/C(=C/NCCCN1CCOCC1)C(=O)N1CCN(Cc2ccccc2)CC1. The molecular formula is C22H31N5O2. The molecule has 0 aliphatic carbocycles. The minimum Gasteiger partial charge on any atom is -0.390 e. The zero-order valence-electron chi connectivity index (χ0n) is 17.1. The Hall–Kier alpha value is -2.40. The van der Waals surface area contributed by atoms with Gasteiger partial charge in [0.1, 0.15) is 11.6 Å². The number of ether oxygens (including phenoxy) is 1. The molecule has 2 fully saturated rings. The zero-order valence-corrected chi connectivity index (χ0v) is 17.1. The number of morpholine rings is 1. The second-order valence-corrected chi connectivity index (χ2v) is 7.49. The highest BCUT2D eigenvalue weighted by Crippen LogP contribution is 2.10. The van der Waals surface area contributed by atoms with Crippen LogP contribution in [-0.2, 0) is 16.1 Å². The van der Waals surface area contributed by atoms with Crippen molar-refractivity contribution >= 4 is 5.91 Å². The third-order valence-corrected chi connectivity index (χ3v) is 5.40. The van der Waals surface area contributed by atoms with Crippen molar-refractivity contribution in [2.24, 2.45) is 0 Å². The van der Waals surface area contributed by atoms with Crippen molar-refractivity contribution < 1.29 is 9.53 Å². The zero-order chi connectivity index (χ0) is 20.3. The topological polar surface area (TPSA) is 71.8 Å². The van der Waals surface area contributed by atoms with Crippen LogP contribution in [0.1, 0.15) is 12.0 Å². The molecule has 0 saturated carbocycles. The molecule has 1 aromatic rings. The molecule has 0 aromatic heterocycles. The van der Waals surface area contributed by atoms with Crippen molar-refractivity contribution in [3.8, 4) is 6.07 Å². The molecule has 2 aliphatic rings. The number of benzene rings is 1. The predicted molar refractivity (Wildman–Crippen MR) is 112 cm³/mol. The van der Waals surface area contributed by atoms with E-state index in [9.17, 15) is 10.1 Å². The Morgan fingerprint density at radius 2 is 1.79 bits per heavy atom. The quantitative estimate of drug-likeness (QED) is 0.402. The first-order chi connectivity index (χ1) is 14.3. The molecule has 2 heterocycles. The molecule has 3 rings (SSSR count). The van der Waals surface area contributed by atoms with Gasteiger partial charge in [0.05, 0.1) is 13.2 Å². The minimum absolute atomic E-state index is 0.174. The van der Waals surface area contributed by atoms with Crippen molar-refractivity contribution in [3.05, 3.63) is 47.7 Å². The lowest BCUT2D eigenvalue weighted by atomic mass is 10.2. The minimum atomic E-state index is -0.174. The number of hydrogen-bond donors (Lipinski definition) is 1. The molecule has 0 bridgehead atoms. The van der Waals surface area contributed by atoms with Crippen molar-refractivity contribution in [1.29, 1.82) is 5.26 Å². The monoisotopic (exact) mass is 397 g/mol. The van der Waals surface area contributed by atoms with Crippen LogP contribution in [0.2, 0.25) is 0 Å². The molecule has 7 nitrogen and oxygen atoms in total. The second kappa shape index (κ2) is 11.6. The van der Waals surface area contributed by atoms with Gasteiger partial charge in [-0.25, -0.2) is 0 Å². The lowest BCUT2D eigenvalue weighted by Crippen LogP contribution is -2.48. The van der Waals surface area contributed by atoms with Gasteiger partial charge >= 0.3 is 0 Å². The number of hydrogen-bond acceptors (Lipinski definition) is 6. The van der Waals surface area contributed by atoms with Gasteiger partial charge in [0.2, 0.25) is 0 Å². The van der Waals surface area contributed by atoms with E-state index in [0.29, 0.717) is 13.1 Å². The van der Waals surface area contributed by atoms with Gasteiger partial charge in [-0.2, -0.15) is 5.26 Å². The van der Waals surface area contributed by atoms with E-state index < -0.39 is 0 Å². The van der Waals surface area contributed by atoms with Crippen LogP contribution in [0.3, 0.4) is 0 Å². The van der Waals surface area contributed by atoms with Crippen LogP contribution >= 0.6 is 0 Å². The molecule has 1 aromatic carbocycles. The lowest BCUT2D eigenvalue weighted by molar-refractivity contribution is -0.128. The Balaban J connectivity index is 1.37. The molecule has 1 amide bonds. The highest BCUT2D eigenvalue weighted by molar-refractivity contribution is 5.97. The highest BCUT2D eigenvalue weighted by Gasteiger charge is 2.23. The number of rotatable bonds is 8. The van der Waals surface area contributed by atoms with Crippen LogP contribution in [0.15, 0.2) is 42.1 Å². The molecule has 156 valence electrons. The van der Waals surface area contributed by atoms with Crippen LogP contribution in [-0.4, -0.2) is 86.2 Å². The fraction of sp³-hybridized carbons (Fsp3) is 0.545. The van der Waals surface area contributed by atoms with Crippen LogP contribution < -0.4 is 5.32 Å². The average molecular weight is 398 g/mol. The Morgan fingerprint density at radius 3 is 2.48 bits per heavy atom. The third kappa shape index (κ3) is 6.86. The van der Waals surface area contributed by atoms with E-state index >= 15 is 0 Å². The summed E-state index contributed by atoms with van der Waals surface area (Å²) in [4.78, 5) is 19.2. The van der Waals surface area contributed by atoms with Crippen molar-refractivity contribution in [2.45, 2.75) is 13.0 Å². The molecule has 2 aliphatic heterocycles. The summed E-state index contributed by atoms with van der Waals surface area (Å²) in [6, 6.07) is 12.4. The van der Waals surface area contributed by atoms with E-state index in [0.717, 1.165) is 65.4 Å². The highest BCUT2D eigenvalue weighted by atomic mass is 16.5. The summed E-state index contributed by atoms with van der Waals surface area (Å²) < 4.78 is 5.35.